The molecule has 0 saturated heterocycles. The number of pyridine rings is 1. The van der Waals surface area contributed by atoms with Gasteiger partial charge >= 0.3 is 0 Å². The van der Waals surface area contributed by atoms with Gasteiger partial charge in [-0.25, -0.2) is 0 Å². The molecule has 1 aromatic heterocycles. The van der Waals surface area contributed by atoms with Gasteiger partial charge in [0.25, 0.3) is 0 Å². The Bertz CT molecular complexity index is 537. The number of guanidine groups is 1. The molecule has 0 spiro atoms. The molecule has 1 unspecified atom stereocenters. The average Bonchev–Trinajstić information content (AvgIpc) is 2.53. The Morgan fingerprint density at radius 3 is 2.55 bits per heavy atom. The number of aliphatic imine (C=N–C) groups is 1. The number of nitrogens with zero attached hydrogens (tertiary/aromatic N) is 2. The van der Waals surface area contributed by atoms with Crippen LogP contribution in [0.15, 0.2) is 59.7 Å². The normalized spacial score (nSPS) is 12.8. The van der Waals surface area contributed by atoms with E-state index in [9.17, 15) is 0 Å². The molecule has 2 aromatic rings. The third-order valence-electron chi connectivity index (χ3n) is 3.04. The van der Waals surface area contributed by atoms with Crippen molar-refractivity contribution in [1.82, 2.24) is 15.6 Å². The highest BCUT2D eigenvalue weighted by Gasteiger charge is 2.06. The molecule has 0 fully saturated rings. The summed E-state index contributed by atoms with van der Waals surface area (Å²) in [5.41, 5.74) is 2.22. The monoisotopic (exact) mass is 268 g/mol. The summed E-state index contributed by atoms with van der Waals surface area (Å²) < 4.78 is 0. The van der Waals surface area contributed by atoms with Crippen molar-refractivity contribution in [2.75, 3.05) is 7.05 Å². The van der Waals surface area contributed by atoms with Gasteiger partial charge in [-0.3, -0.25) is 9.98 Å². The zero-order valence-corrected chi connectivity index (χ0v) is 11.9. The predicted octanol–water partition coefficient (Wildman–Crippen LogP) is 2.51. The molecule has 1 atom stereocenters. The molecule has 0 aliphatic heterocycles. The van der Waals surface area contributed by atoms with E-state index in [4.69, 9.17) is 0 Å². The minimum Gasteiger partial charge on any atom is -0.351 e. The van der Waals surface area contributed by atoms with Gasteiger partial charge in [-0.05, 0) is 24.6 Å². The van der Waals surface area contributed by atoms with Gasteiger partial charge in [0.2, 0.25) is 0 Å². The number of benzene rings is 1. The number of hydrogen-bond acceptors (Lipinski definition) is 2. The van der Waals surface area contributed by atoms with E-state index < -0.39 is 0 Å². The SMILES string of the molecule is CN=C(NCc1ccccn1)NC(C)c1ccccc1. The molecule has 1 heterocycles. The van der Waals surface area contributed by atoms with E-state index in [0.717, 1.165) is 11.7 Å². The van der Waals surface area contributed by atoms with E-state index in [-0.39, 0.29) is 6.04 Å². The van der Waals surface area contributed by atoms with Crippen LogP contribution in [0.2, 0.25) is 0 Å². The zero-order valence-electron chi connectivity index (χ0n) is 11.9. The van der Waals surface area contributed by atoms with Crippen molar-refractivity contribution in [2.24, 2.45) is 4.99 Å². The standard InChI is InChI=1S/C16H20N4/c1-13(14-8-4-3-5-9-14)20-16(17-2)19-12-15-10-6-7-11-18-15/h3-11,13H,12H2,1-2H3,(H2,17,19,20). The molecule has 20 heavy (non-hydrogen) atoms. The highest BCUT2D eigenvalue weighted by molar-refractivity contribution is 5.80. The zero-order chi connectivity index (χ0) is 14.2. The van der Waals surface area contributed by atoms with Crippen LogP contribution >= 0.6 is 0 Å². The van der Waals surface area contributed by atoms with Crippen molar-refractivity contribution in [3.8, 4) is 0 Å². The Morgan fingerprint density at radius 2 is 1.90 bits per heavy atom. The first-order valence-electron chi connectivity index (χ1n) is 6.71. The molecule has 0 aliphatic carbocycles. The summed E-state index contributed by atoms with van der Waals surface area (Å²) in [4.78, 5) is 8.51. The summed E-state index contributed by atoms with van der Waals surface area (Å²) in [6.07, 6.45) is 1.79. The Labute approximate surface area is 120 Å². The number of hydrogen-bond donors (Lipinski definition) is 2. The number of nitrogens with one attached hydrogen (secondary N) is 2. The van der Waals surface area contributed by atoms with E-state index in [1.54, 1.807) is 13.2 Å². The van der Waals surface area contributed by atoms with E-state index in [1.807, 2.05) is 36.4 Å². The third-order valence-corrected chi connectivity index (χ3v) is 3.04. The van der Waals surface area contributed by atoms with E-state index in [2.05, 4.69) is 39.7 Å². The van der Waals surface area contributed by atoms with Crippen LogP contribution in [0.4, 0.5) is 0 Å². The molecule has 0 bridgehead atoms. The lowest BCUT2D eigenvalue weighted by atomic mass is 10.1. The highest BCUT2D eigenvalue weighted by Crippen LogP contribution is 2.10. The van der Waals surface area contributed by atoms with Crippen molar-refractivity contribution in [1.29, 1.82) is 0 Å². The van der Waals surface area contributed by atoms with Crippen LogP contribution in [0.25, 0.3) is 0 Å². The molecule has 0 aliphatic rings. The Hall–Kier alpha value is -2.36. The Balaban J connectivity index is 1.90. The summed E-state index contributed by atoms with van der Waals surface area (Å²) in [5.74, 6) is 0.770. The van der Waals surface area contributed by atoms with Gasteiger partial charge in [0.1, 0.15) is 0 Å². The van der Waals surface area contributed by atoms with Crippen LogP contribution in [0.1, 0.15) is 24.2 Å². The third kappa shape index (κ3) is 4.09. The largest absolute Gasteiger partial charge is 0.351 e. The van der Waals surface area contributed by atoms with Crippen LogP contribution in [0.3, 0.4) is 0 Å². The molecule has 0 amide bonds. The Morgan fingerprint density at radius 1 is 1.15 bits per heavy atom. The maximum absolute atomic E-state index is 4.28. The molecule has 1 aromatic carbocycles. The number of rotatable bonds is 4. The van der Waals surface area contributed by atoms with Gasteiger partial charge in [-0.15, -0.1) is 0 Å². The summed E-state index contributed by atoms with van der Waals surface area (Å²) in [5, 5.41) is 6.63. The topological polar surface area (TPSA) is 49.3 Å². The van der Waals surface area contributed by atoms with Gasteiger partial charge in [-0.2, -0.15) is 0 Å². The lowest BCUT2D eigenvalue weighted by Gasteiger charge is -2.18. The first-order valence-corrected chi connectivity index (χ1v) is 6.71. The van der Waals surface area contributed by atoms with Crippen molar-refractivity contribution < 1.29 is 0 Å². The summed E-state index contributed by atoms with van der Waals surface area (Å²) in [6.45, 7) is 2.77. The number of aromatic nitrogens is 1. The van der Waals surface area contributed by atoms with Gasteiger partial charge in [0.15, 0.2) is 5.96 Å². The minimum absolute atomic E-state index is 0.200. The molecule has 0 saturated carbocycles. The fourth-order valence-electron chi connectivity index (χ4n) is 1.90. The van der Waals surface area contributed by atoms with Gasteiger partial charge in [0.05, 0.1) is 18.3 Å². The second-order valence-electron chi connectivity index (χ2n) is 4.52. The second-order valence-corrected chi connectivity index (χ2v) is 4.52. The van der Waals surface area contributed by atoms with Crippen molar-refractivity contribution in [3.05, 3.63) is 66.0 Å². The van der Waals surface area contributed by atoms with Crippen LogP contribution in [0.5, 0.6) is 0 Å². The molecule has 0 radical (unpaired) electrons. The fraction of sp³-hybridized carbons (Fsp3) is 0.250. The highest BCUT2D eigenvalue weighted by atomic mass is 15.2. The van der Waals surface area contributed by atoms with Gasteiger partial charge < -0.3 is 10.6 Å². The van der Waals surface area contributed by atoms with E-state index >= 15 is 0 Å². The van der Waals surface area contributed by atoms with Crippen LogP contribution in [0, 0.1) is 0 Å². The molecule has 4 nitrogen and oxygen atoms in total. The fourth-order valence-corrected chi connectivity index (χ4v) is 1.90. The van der Waals surface area contributed by atoms with Crippen molar-refractivity contribution in [3.63, 3.8) is 0 Å². The quantitative estimate of drug-likeness (QED) is 0.661. The van der Waals surface area contributed by atoms with Crippen molar-refractivity contribution >= 4 is 5.96 Å². The van der Waals surface area contributed by atoms with Crippen LogP contribution in [-0.2, 0) is 6.54 Å². The van der Waals surface area contributed by atoms with Crippen molar-refractivity contribution in [2.45, 2.75) is 19.5 Å². The summed E-state index contributed by atoms with van der Waals surface area (Å²) in [6, 6.07) is 16.4. The van der Waals surface area contributed by atoms with Crippen LogP contribution < -0.4 is 10.6 Å². The molecule has 4 heteroatoms. The second kappa shape index (κ2) is 7.28. The van der Waals surface area contributed by atoms with E-state index in [1.165, 1.54) is 5.56 Å². The smallest absolute Gasteiger partial charge is 0.191 e. The average molecular weight is 268 g/mol. The maximum atomic E-state index is 4.28. The molecule has 2 N–H and O–H groups in total. The first-order chi connectivity index (χ1) is 9.79. The van der Waals surface area contributed by atoms with Crippen LogP contribution in [-0.4, -0.2) is 18.0 Å². The maximum Gasteiger partial charge on any atom is 0.191 e. The van der Waals surface area contributed by atoms with Gasteiger partial charge in [-0.1, -0.05) is 36.4 Å². The molecule has 2 rings (SSSR count). The summed E-state index contributed by atoms with van der Waals surface area (Å²) in [7, 11) is 1.77. The summed E-state index contributed by atoms with van der Waals surface area (Å²) >= 11 is 0. The molecular formula is C16H20N4. The lowest BCUT2D eigenvalue weighted by Crippen LogP contribution is -2.38. The minimum atomic E-state index is 0.200. The van der Waals surface area contributed by atoms with E-state index in [0.29, 0.717) is 6.54 Å². The van der Waals surface area contributed by atoms with Gasteiger partial charge in [0, 0.05) is 13.2 Å². The first kappa shape index (κ1) is 14.1. The molecule has 104 valence electrons. The Kier molecular flexibility index (Phi) is 5.12. The molecular weight excluding hydrogens is 248 g/mol. The lowest BCUT2D eigenvalue weighted by molar-refractivity contribution is 0.683. The predicted molar refractivity (Wildman–Crippen MR) is 82.4 cm³/mol.